The van der Waals surface area contributed by atoms with Gasteiger partial charge in [-0.1, -0.05) is 24.3 Å². The van der Waals surface area contributed by atoms with E-state index in [9.17, 15) is 0 Å². The van der Waals surface area contributed by atoms with Crippen molar-refractivity contribution in [1.29, 1.82) is 0 Å². The zero-order valence-corrected chi connectivity index (χ0v) is 17.3. The van der Waals surface area contributed by atoms with E-state index >= 15 is 0 Å². The smallest absolute Gasteiger partial charge is 0.132 e. The first-order valence-electron chi connectivity index (χ1n) is 10.4. The summed E-state index contributed by atoms with van der Waals surface area (Å²) >= 11 is 0. The molecule has 5 nitrogen and oxygen atoms in total. The molecule has 1 aliphatic carbocycles. The van der Waals surface area contributed by atoms with Crippen LogP contribution in [-0.2, 0) is 13.1 Å². The van der Waals surface area contributed by atoms with E-state index in [2.05, 4.69) is 71.6 Å². The zero-order chi connectivity index (χ0) is 19.6. The fourth-order valence-corrected chi connectivity index (χ4v) is 4.71. The first-order chi connectivity index (χ1) is 13.6. The molecule has 150 valence electrons. The Hall–Kier alpha value is -2.11. The van der Waals surface area contributed by atoms with Crippen LogP contribution in [-0.4, -0.2) is 49.2 Å². The van der Waals surface area contributed by atoms with Crippen LogP contribution in [0.4, 0.5) is 5.82 Å². The highest BCUT2D eigenvalue weighted by Crippen LogP contribution is 2.38. The Labute approximate surface area is 168 Å². The van der Waals surface area contributed by atoms with Crippen LogP contribution in [0.25, 0.3) is 0 Å². The number of hydrogen-bond acceptors (Lipinski definition) is 5. The molecule has 28 heavy (non-hydrogen) atoms. The summed E-state index contributed by atoms with van der Waals surface area (Å²) in [5.41, 5.74) is 2.46. The van der Waals surface area contributed by atoms with Gasteiger partial charge in [-0.25, -0.2) is 4.98 Å². The lowest BCUT2D eigenvalue weighted by Crippen LogP contribution is -2.50. The van der Waals surface area contributed by atoms with Gasteiger partial charge in [0, 0.05) is 57.1 Å². The van der Waals surface area contributed by atoms with Gasteiger partial charge in [0.05, 0.1) is 0 Å². The number of rotatable bonds is 4. The summed E-state index contributed by atoms with van der Waals surface area (Å²) in [6.45, 7) is 2.76. The van der Waals surface area contributed by atoms with E-state index in [1.54, 1.807) is 0 Å². The third-order valence-electron chi connectivity index (χ3n) is 6.19. The maximum atomic E-state index is 6.73. The zero-order valence-electron chi connectivity index (χ0n) is 17.3. The summed E-state index contributed by atoms with van der Waals surface area (Å²) in [6.07, 6.45) is 6.40. The number of nitrogens with zero attached hydrogens (tertiary/aromatic N) is 3. The summed E-state index contributed by atoms with van der Waals surface area (Å²) in [5, 5.41) is 3.45. The van der Waals surface area contributed by atoms with Gasteiger partial charge in [0.15, 0.2) is 0 Å². The summed E-state index contributed by atoms with van der Waals surface area (Å²) in [7, 11) is 6.20. The minimum absolute atomic E-state index is 0.0968. The molecule has 1 spiro atoms. The highest BCUT2D eigenvalue weighted by molar-refractivity contribution is 5.45. The molecule has 2 heterocycles. The van der Waals surface area contributed by atoms with Gasteiger partial charge in [-0.3, -0.25) is 4.90 Å². The Bertz CT molecular complexity index is 799. The first-order valence-corrected chi connectivity index (χ1v) is 10.4. The molecule has 1 aromatic heterocycles. The van der Waals surface area contributed by atoms with E-state index in [0.717, 1.165) is 44.0 Å². The number of anilines is 1. The third kappa shape index (κ3) is 4.01. The molecule has 0 amide bonds. The average molecular weight is 381 g/mol. The normalized spacial score (nSPS) is 25.0. The lowest BCUT2D eigenvalue weighted by molar-refractivity contribution is -0.00319. The van der Waals surface area contributed by atoms with Crippen LogP contribution >= 0.6 is 0 Å². The first kappa shape index (κ1) is 19.2. The molecule has 5 heteroatoms. The van der Waals surface area contributed by atoms with Crippen LogP contribution < -0.4 is 15.0 Å². The Balaban J connectivity index is 1.62. The number of fused-ring (bicyclic) bond motifs is 1. The van der Waals surface area contributed by atoms with Crippen LogP contribution in [0, 0.1) is 0 Å². The van der Waals surface area contributed by atoms with Gasteiger partial charge < -0.3 is 15.0 Å². The number of ether oxygens (including phenoxy) is 1. The fraction of sp³-hybridized carbons (Fsp3) is 0.522. The second-order valence-electron chi connectivity index (χ2n) is 8.48. The Morgan fingerprint density at radius 3 is 2.71 bits per heavy atom. The Kier molecular flexibility index (Phi) is 5.56. The molecule has 1 saturated carbocycles. The highest BCUT2D eigenvalue weighted by atomic mass is 16.5. The molecule has 0 saturated heterocycles. The maximum Gasteiger partial charge on any atom is 0.132 e. The van der Waals surface area contributed by atoms with Crippen molar-refractivity contribution in [3.05, 3.63) is 53.7 Å². The standard InChI is InChI=1S/C23H32N4O/c1-24-20-10-12-23(13-11-20)17-27(15-18-7-4-5-9-21(18)28-23)16-19-8-6-14-25-22(19)26(2)3/h4-9,14,20,24H,10-13,15-17H2,1-3H3. The predicted molar refractivity (Wildman–Crippen MR) is 114 cm³/mol. The minimum atomic E-state index is -0.0968. The molecule has 0 atom stereocenters. The van der Waals surface area contributed by atoms with E-state index in [1.807, 2.05) is 12.3 Å². The molecule has 2 aliphatic rings. The van der Waals surface area contributed by atoms with Gasteiger partial charge in [-0.15, -0.1) is 0 Å². The second kappa shape index (κ2) is 8.10. The Morgan fingerprint density at radius 1 is 1.18 bits per heavy atom. The molecule has 0 radical (unpaired) electrons. The lowest BCUT2D eigenvalue weighted by atomic mass is 9.81. The summed E-state index contributed by atoms with van der Waals surface area (Å²) in [5.74, 6) is 2.11. The number of aromatic nitrogens is 1. The predicted octanol–water partition coefficient (Wildman–Crippen LogP) is 3.44. The van der Waals surface area contributed by atoms with E-state index in [-0.39, 0.29) is 5.60 Å². The van der Waals surface area contributed by atoms with Gasteiger partial charge in [0.1, 0.15) is 17.2 Å². The van der Waals surface area contributed by atoms with E-state index in [1.165, 1.54) is 24.0 Å². The van der Waals surface area contributed by atoms with Crippen LogP contribution in [0.15, 0.2) is 42.6 Å². The van der Waals surface area contributed by atoms with Gasteiger partial charge in [0.25, 0.3) is 0 Å². The number of nitrogens with one attached hydrogen (secondary N) is 1. The van der Waals surface area contributed by atoms with Crippen LogP contribution in [0.1, 0.15) is 36.8 Å². The number of para-hydroxylation sites is 1. The molecule has 1 aromatic carbocycles. The summed E-state index contributed by atoms with van der Waals surface area (Å²) in [4.78, 5) is 9.25. The van der Waals surface area contributed by atoms with E-state index in [4.69, 9.17) is 4.74 Å². The quantitative estimate of drug-likeness (QED) is 0.880. The molecule has 0 bridgehead atoms. The van der Waals surface area contributed by atoms with Crippen molar-refractivity contribution in [2.24, 2.45) is 0 Å². The van der Waals surface area contributed by atoms with Crippen molar-refractivity contribution in [2.75, 3.05) is 32.6 Å². The van der Waals surface area contributed by atoms with Crippen LogP contribution in [0.3, 0.4) is 0 Å². The number of hydrogen-bond donors (Lipinski definition) is 1. The average Bonchev–Trinajstić information content (AvgIpc) is 2.85. The SMILES string of the molecule is CNC1CCC2(CC1)CN(Cc1cccnc1N(C)C)Cc1ccccc1O2. The van der Waals surface area contributed by atoms with Crippen molar-refractivity contribution in [1.82, 2.24) is 15.2 Å². The van der Waals surface area contributed by atoms with Crippen LogP contribution in [0.5, 0.6) is 5.75 Å². The highest BCUT2D eigenvalue weighted by Gasteiger charge is 2.41. The van der Waals surface area contributed by atoms with Gasteiger partial charge >= 0.3 is 0 Å². The van der Waals surface area contributed by atoms with Gasteiger partial charge in [-0.05, 0) is 44.9 Å². The minimum Gasteiger partial charge on any atom is -0.486 e. The molecule has 1 fully saturated rings. The molecule has 1 N–H and O–H groups in total. The topological polar surface area (TPSA) is 40.6 Å². The van der Waals surface area contributed by atoms with Crippen molar-refractivity contribution < 1.29 is 4.74 Å². The second-order valence-corrected chi connectivity index (χ2v) is 8.48. The molecule has 1 aliphatic heterocycles. The molecule has 0 unspecified atom stereocenters. The van der Waals surface area contributed by atoms with Crippen LogP contribution in [0.2, 0.25) is 0 Å². The molecule has 2 aromatic rings. The van der Waals surface area contributed by atoms with Gasteiger partial charge in [0.2, 0.25) is 0 Å². The van der Waals surface area contributed by atoms with Crippen molar-refractivity contribution in [3.8, 4) is 5.75 Å². The molecular formula is C23H32N4O. The number of benzene rings is 1. The lowest BCUT2D eigenvalue weighted by Gasteiger charge is -2.41. The largest absolute Gasteiger partial charge is 0.486 e. The van der Waals surface area contributed by atoms with Crippen molar-refractivity contribution in [3.63, 3.8) is 0 Å². The van der Waals surface area contributed by atoms with Crippen molar-refractivity contribution in [2.45, 2.75) is 50.4 Å². The Morgan fingerprint density at radius 2 is 1.96 bits per heavy atom. The summed E-state index contributed by atoms with van der Waals surface area (Å²) < 4.78 is 6.73. The summed E-state index contributed by atoms with van der Waals surface area (Å²) in [6, 6.07) is 13.4. The maximum absolute atomic E-state index is 6.73. The fourth-order valence-electron chi connectivity index (χ4n) is 4.71. The third-order valence-corrected chi connectivity index (χ3v) is 6.19. The van der Waals surface area contributed by atoms with E-state index in [0.29, 0.717) is 6.04 Å². The van der Waals surface area contributed by atoms with E-state index < -0.39 is 0 Å². The molecule has 4 rings (SSSR count). The number of pyridine rings is 1. The monoisotopic (exact) mass is 380 g/mol. The molecular weight excluding hydrogens is 348 g/mol. The van der Waals surface area contributed by atoms with Gasteiger partial charge in [-0.2, -0.15) is 0 Å². The van der Waals surface area contributed by atoms with Crippen molar-refractivity contribution >= 4 is 5.82 Å².